The molecule has 20 heavy (non-hydrogen) atoms. The molecule has 0 aliphatic carbocycles. The van der Waals surface area contributed by atoms with Crippen molar-refractivity contribution in [3.05, 3.63) is 33.3 Å². The van der Waals surface area contributed by atoms with Crippen molar-refractivity contribution in [2.75, 3.05) is 31.6 Å². The molecule has 1 aromatic rings. The van der Waals surface area contributed by atoms with E-state index in [9.17, 15) is 10.1 Å². The highest BCUT2D eigenvalue weighted by molar-refractivity contribution is 6.33. The van der Waals surface area contributed by atoms with Crippen LogP contribution in [-0.2, 0) is 0 Å². The van der Waals surface area contributed by atoms with E-state index in [0.29, 0.717) is 16.6 Å². The number of halogens is 1. The Morgan fingerprint density at radius 1 is 1.45 bits per heavy atom. The maximum Gasteiger partial charge on any atom is 0.294 e. The van der Waals surface area contributed by atoms with Gasteiger partial charge in [-0.2, -0.15) is 0 Å². The van der Waals surface area contributed by atoms with Crippen LogP contribution >= 0.6 is 11.6 Å². The lowest BCUT2D eigenvalue weighted by Crippen LogP contribution is -2.35. The van der Waals surface area contributed by atoms with E-state index in [0.717, 1.165) is 38.9 Å². The van der Waals surface area contributed by atoms with Crippen LogP contribution in [0.2, 0.25) is 5.02 Å². The molecule has 1 saturated heterocycles. The number of nitrogens with zero attached hydrogens (tertiary/aromatic N) is 2. The molecule has 0 bridgehead atoms. The summed E-state index contributed by atoms with van der Waals surface area (Å²) in [5.74, 6) is 0.695. The molecule has 0 aromatic heterocycles. The molecular formula is C14H20ClN3O2. The highest BCUT2D eigenvalue weighted by Gasteiger charge is 2.26. The summed E-state index contributed by atoms with van der Waals surface area (Å²) in [5, 5.41) is 14.8. The van der Waals surface area contributed by atoms with Crippen LogP contribution in [-0.4, -0.2) is 31.6 Å². The summed E-state index contributed by atoms with van der Waals surface area (Å²) < 4.78 is 0. The summed E-state index contributed by atoms with van der Waals surface area (Å²) in [6.45, 7) is 2.69. The van der Waals surface area contributed by atoms with Crippen LogP contribution in [0.4, 0.5) is 11.4 Å². The minimum atomic E-state index is -0.353. The van der Waals surface area contributed by atoms with Crippen molar-refractivity contribution < 1.29 is 4.92 Å². The van der Waals surface area contributed by atoms with Crippen molar-refractivity contribution in [1.82, 2.24) is 5.32 Å². The van der Waals surface area contributed by atoms with Gasteiger partial charge in [-0.15, -0.1) is 0 Å². The van der Waals surface area contributed by atoms with Crippen molar-refractivity contribution in [2.45, 2.75) is 19.3 Å². The maximum atomic E-state index is 11.1. The van der Waals surface area contributed by atoms with Gasteiger partial charge in [0, 0.05) is 19.2 Å². The van der Waals surface area contributed by atoms with E-state index in [1.165, 1.54) is 6.07 Å². The number of hydrogen-bond acceptors (Lipinski definition) is 4. The molecule has 0 radical (unpaired) electrons. The summed E-state index contributed by atoms with van der Waals surface area (Å²) in [5.41, 5.74) is 0.678. The van der Waals surface area contributed by atoms with Gasteiger partial charge in [0.05, 0.1) is 9.95 Å². The highest BCUT2D eigenvalue weighted by atomic mass is 35.5. The second-order valence-corrected chi connectivity index (χ2v) is 5.59. The Hall–Kier alpha value is -1.33. The Morgan fingerprint density at radius 2 is 2.15 bits per heavy atom. The third-order valence-electron chi connectivity index (χ3n) is 3.90. The van der Waals surface area contributed by atoms with E-state index in [-0.39, 0.29) is 10.6 Å². The van der Waals surface area contributed by atoms with Crippen molar-refractivity contribution in [3.63, 3.8) is 0 Å². The number of rotatable bonds is 5. The zero-order valence-corrected chi connectivity index (χ0v) is 12.4. The molecule has 0 spiro atoms. The van der Waals surface area contributed by atoms with Crippen molar-refractivity contribution in [1.29, 1.82) is 0 Å². The lowest BCUT2D eigenvalue weighted by atomic mass is 9.93. The Bertz CT molecular complexity index is 473. The van der Waals surface area contributed by atoms with Crippen molar-refractivity contribution in [2.24, 2.45) is 5.92 Å². The Morgan fingerprint density at radius 3 is 2.75 bits per heavy atom. The predicted octanol–water partition coefficient (Wildman–Crippen LogP) is 3.07. The number of hydrogen-bond donors (Lipinski definition) is 1. The highest BCUT2D eigenvalue weighted by Crippen LogP contribution is 2.37. The summed E-state index contributed by atoms with van der Waals surface area (Å²) in [6, 6.07) is 4.87. The first-order chi connectivity index (χ1) is 9.63. The van der Waals surface area contributed by atoms with Crippen LogP contribution < -0.4 is 10.2 Å². The molecule has 1 aromatic carbocycles. The van der Waals surface area contributed by atoms with Gasteiger partial charge in [-0.25, -0.2) is 0 Å². The van der Waals surface area contributed by atoms with Gasteiger partial charge in [0.1, 0.15) is 5.69 Å². The molecule has 1 aliphatic heterocycles. The molecule has 2 rings (SSSR count). The standard InChI is InChI=1S/C14H20ClN3O2/c1-16-8-5-11-6-9-17(10-7-11)14-12(15)3-2-4-13(14)18(19)20/h2-4,11,16H,5-10H2,1H3. The zero-order chi connectivity index (χ0) is 14.5. The SMILES string of the molecule is CNCCC1CCN(c2c(Cl)cccc2[N+](=O)[O-])CC1. The molecule has 6 heteroatoms. The number of nitro benzene ring substituents is 1. The molecule has 1 heterocycles. The number of nitro groups is 1. The smallest absolute Gasteiger partial charge is 0.294 e. The third kappa shape index (κ3) is 3.41. The molecule has 0 amide bonds. The van der Waals surface area contributed by atoms with Crippen LogP contribution in [0.5, 0.6) is 0 Å². The number of piperidine rings is 1. The van der Waals surface area contributed by atoms with Gasteiger partial charge >= 0.3 is 0 Å². The minimum absolute atomic E-state index is 0.103. The lowest BCUT2D eigenvalue weighted by Gasteiger charge is -2.33. The second-order valence-electron chi connectivity index (χ2n) is 5.19. The van der Waals surface area contributed by atoms with Crippen LogP contribution in [0, 0.1) is 16.0 Å². The average molecular weight is 298 g/mol. The molecule has 1 aliphatic rings. The fourth-order valence-electron chi connectivity index (χ4n) is 2.76. The Kier molecular flexibility index (Phi) is 5.20. The first-order valence-electron chi connectivity index (χ1n) is 6.96. The quantitative estimate of drug-likeness (QED) is 0.670. The summed E-state index contributed by atoms with van der Waals surface area (Å²) in [6.07, 6.45) is 3.28. The normalized spacial score (nSPS) is 16.4. The van der Waals surface area contributed by atoms with Crippen molar-refractivity contribution >= 4 is 23.0 Å². The van der Waals surface area contributed by atoms with Gasteiger partial charge < -0.3 is 10.2 Å². The summed E-state index contributed by atoms with van der Waals surface area (Å²) in [7, 11) is 1.96. The van der Waals surface area contributed by atoms with E-state index < -0.39 is 0 Å². The van der Waals surface area contributed by atoms with Crippen LogP contribution in [0.15, 0.2) is 18.2 Å². The van der Waals surface area contributed by atoms with Crippen LogP contribution in [0.3, 0.4) is 0 Å². The predicted molar refractivity (Wildman–Crippen MR) is 81.6 cm³/mol. The maximum absolute atomic E-state index is 11.1. The number of nitrogens with one attached hydrogen (secondary N) is 1. The first kappa shape index (κ1) is 15.1. The van der Waals surface area contributed by atoms with Crippen LogP contribution in [0.25, 0.3) is 0 Å². The minimum Gasteiger partial charge on any atom is -0.365 e. The topological polar surface area (TPSA) is 58.4 Å². The zero-order valence-electron chi connectivity index (χ0n) is 11.6. The van der Waals surface area contributed by atoms with E-state index in [2.05, 4.69) is 10.2 Å². The molecule has 1 fully saturated rings. The van der Waals surface area contributed by atoms with Crippen LogP contribution in [0.1, 0.15) is 19.3 Å². The monoisotopic (exact) mass is 297 g/mol. The van der Waals surface area contributed by atoms with E-state index in [1.54, 1.807) is 12.1 Å². The van der Waals surface area contributed by atoms with Gasteiger partial charge in [-0.3, -0.25) is 10.1 Å². The van der Waals surface area contributed by atoms with Gasteiger partial charge in [-0.05, 0) is 44.8 Å². The second kappa shape index (κ2) is 6.90. The molecule has 1 N–H and O–H groups in total. The van der Waals surface area contributed by atoms with E-state index in [4.69, 9.17) is 11.6 Å². The largest absolute Gasteiger partial charge is 0.365 e. The summed E-state index contributed by atoms with van der Waals surface area (Å²) >= 11 is 6.17. The van der Waals surface area contributed by atoms with Gasteiger partial charge in [0.25, 0.3) is 5.69 Å². The fourth-order valence-corrected chi connectivity index (χ4v) is 3.05. The molecule has 0 atom stereocenters. The average Bonchev–Trinajstić information content (AvgIpc) is 2.45. The van der Waals surface area contributed by atoms with E-state index >= 15 is 0 Å². The Labute approximate surface area is 124 Å². The molecule has 0 saturated carbocycles. The lowest BCUT2D eigenvalue weighted by molar-refractivity contribution is -0.384. The molecule has 110 valence electrons. The number of anilines is 1. The Balaban J connectivity index is 2.09. The number of benzene rings is 1. The fraction of sp³-hybridized carbons (Fsp3) is 0.571. The first-order valence-corrected chi connectivity index (χ1v) is 7.33. The van der Waals surface area contributed by atoms with E-state index in [1.807, 2.05) is 7.05 Å². The van der Waals surface area contributed by atoms with Gasteiger partial charge in [0.15, 0.2) is 0 Å². The van der Waals surface area contributed by atoms with Gasteiger partial charge in [0.2, 0.25) is 0 Å². The molecule has 5 nitrogen and oxygen atoms in total. The molecular weight excluding hydrogens is 278 g/mol. The molecule has 0 unspecified atom stereocenters. The van der Waals surface area contributed by atoms with Crippen molar-refractivity contribution in [3.8, 4) is 0 Å². The van der Waals surface area contributed by atoms with Gasteiger partial charge in [-0.1, -0.05) is 17.7 Å². The summed E-state index contributed by atoms with van der Waals surface area (Å²) in [4.78, 5) is 12.8. The number of para-hydroxylation sites is 1. The third-order valence-corrected chi connectivity index (χ3v) is 4.20.